The fraction of sp³-hybridized carbons (Fsp3) is 0.481. The van der Waals surface area contributed by atoms with Gasteiger partial charge in [-0.2, -0.15) is 0 Å². The molecule has 0 bridgehead atoms. The lowest BCUT2D eigenvalue weighted by Gasteiger charge is -2.26. The molecule has 3 rings (SSSR count). The van der Waals surface area contributed by atoms with Gasteiger partial charge in [-0.25, -0.2) is 4.79 Å². The molecule has 1 fully saturated rings. The number of piperidine rings is 1. The third-order valence-electron chi connectivity index (χ3n) is 5.99. The van der Waals surface area contributed by atoms with Gasteiger partial charge in [-0.05, 0) is 62.3 Å². The van der Waals surface area contributed by atoms with Crippen molar-refractivity contribution >= 4 is 18.0 Å². The highest BCUT2D eigenvalue weighted by Crippen LogP contribution is 2.30. The maximum absolute atomic E-state index is 13.0. The van der Waals surface area contributed by atoms with E-state index in [1.807, 2.05) is 19.1 Å². The second-order valence-corrected chi connectivity index (χ2v) is 8.86. The quantitative estimate of drug-likeness (QED) is 0.308. The molecule has 0 saturated carbocycles. The number of ether oxygens (including phenoxy) is 1. The molecule has 1 amide bonds. The smallest absolute Gasteiger partial charge is 0.342 e. The Hall–Kier alpha value is -3.26. The molecule has 1 aromatic rings. The maximum Gasteiger partial charge on any atom is 0.342 e. The van der Waals surface area contributed by atoms with Gasteiger partial charge in [0.05, 0.1) is 5.70 Å². The number of nitrogens with zero attached hydrogens (tertiary/aromatic N) is 1. The van der Waals surface area contributed by atoms with Crippen molar-refractivity contribution < 1.29 is 29.4 Å². The van der Waals surface area contributed by atoms with Crippen LogP contribution in [0.15, 0.2) is 42.1 Å². The first-order valence-corrected chi connectivity index (χ1v) is 12.4. The number of amides is 1. The number of hydroxylamine groups is 1. The van der Waals surface area contributed by atoms with Crippen LogP contribution < -0.4 is 5.48 Å². The molecule has 0 aromatic heterocycles. The summed E-state index contributed by atoms with van der Waals surface area (Å²) in [5.74, 6) is -1.32. The number of hydrogen-bond acceptors (Lipinski definition) is 7. The molecule has 1 saturated heterocycles. The van der Waals surface area contributed by atoms with Gasteiger partial charge < -0.3 is 19.8 Å². The predicted molar refractivity (Wildman–Crippen MR) is 134 cm³/mol. The normalized spacial score (nSPS) is 20.8. The van der Waals surface area contributed by atoms with E-state index in [0.29, 0.717) is 18.5 Å². The standard InChI is InChI=1S/C27H36N2O6/c1-2-11-23-13-8-5-3-4-7-12-21(28-34-19-25(32)29-14-9-6-10-15-29)16-20-17-22(30)18-24(31)26(20)27(33)35-23/h5,7-8,12,16-18,23,28,30-31H,2-4,6,9-11,13-15,19H2,1H3/b8-5?,12-7?,21-16-. The van der Waals surface area contributed by atoms with Crippen LogP contribution in [0, 0.1) is 0 Å². The van der Waals surface area contributed by atoms with Crippen LogP contribution in [-0.2, 0) is 14.4 Å². The summed E-state index contributed by atoms with van der Waals surface area (Å²) in [6, 6.07) is 2.49. The molecule has 0 radical (unpaired) electrons. The van der Waals surface area contributed by atoms with E-state index in [1.54, 1.807) is 17.1 Å². The third kappa shape index (κ3) is 8.17. The molecular formula is C27H36N2O6. The molecule has 1 aromatic carbocycles. The Labute approximate surface area is 206 Å². The number of allylic oxidation sites excluding steroid dienone is 3. The lowest BCUT2D eigenvalue weighted by atomic mass is 10.0. The third-order valence-corrected chi connectivity index (χ3v) is 5.99. The van der Waals surface area contributed by atoms with Crippen molar-refractivity contribution in [3.8, 4) is 11.5 Å². The Morgan fingerprint density at radius 1 is 1.14 bits per heavy atom. The van der Waals surface area contributed by atoms with Crippen molar-refractivity contribution in [2.24, 2.45) is 0 Å². The van der Waals surface area contributed by atoms with E-state index in [0.717, 1.165) is 57.7 Å². The Morgan fingerprint density at radius 3 is 2.69 bits per heavy atom. The number of aromatic hydroxyl groups is 2. The number of fused-ring (bicyclic) bond motifs is 1. The second-order valence-electron chi connectivity index (χ2n) is 8.86. The molecule has 35 heavy (non-hydrogen) atoms. The van der Waals surface area contributed by atoms with Gasteiger partial charge >= 0.3 is 5.97 Å². The molecule has 8 nitrogen and oxygen atoms in total. The lowest BCUT2D eigenvalue weighted by Crippen LogP contribution is -2.39. The SMILES string of the molecule is CCCC1CC=CCCC=C/C(NOCC(=O)N2CCCCC2)=C/c2cc(O)cc(O)c2C(=O)O1. The van der Waals surface area contributed by atoms with Crippen molar-refractivity contribution in [3.63, 3.8) is 0 Å². The highest BCUT2D eigenvalue weighted by atomic mass is 16.6. The van der Waals surface area contributed by atoms with Gasteiger partial charge in [-0.3, -0.25) is 15.1 Å². The average molecular weight is 485 g/mol. The summed E-state index contributed by atoms with van der Waals surface area (Å²) in [7, 11) is 0. The lowest BCUT2D eigenvalue weighted by molar-refractivity contribution is -0.139. The van der Waals surface area contributed by atoms with Crippen molar-refractivity contribution in [1.82, 2.24) is 10.4 Å². The van der Waals surface area contributed by atoms with Crippen LogP contribution in [0.2, 0.25) is 0 Å². The number of benzene rings is 1. The van der Waals surface area contributed by atoms with Crippen LogP contribution in [0.1, 0.15) is 74.2 Å². The molecule has 8 heteroatoms. The predicted octanol–water partition coefficient (Wildman–Crippen LogP) is 4.59. The van der Waals surface area contributed by atoms with Gasteiger partial charge in [-0.15, -0.1) is 0 Å². The van der Waals surface area contributed by atoms with Crippen LogP contribution in [0.25, 0.3) is 6.08 Å². The largest absolute Gasteiger partial charge is 0.508 e. The maximum atomic E-state index is 13.0. The summed E-state index contributed by atoms with van der Waals surface area (Å²) in [5.41, 5.74) is 3.48. The number of likely N-dealkylation sites (tertiary alicyclic amines) is 1. The summed E-state index contributed by atoms with van der Waals surface area (Å²) in [6.45, 7) is 3.37. The highest BCUT2D eigenvalue weighted by molar-refractivity contribution is 5.97. The number of phenolic OH excluding ortho intramolecular Hbond substituents is 2. The van der Waals surface area contributed by atoms with E-state index in [4.69, 9.17) is 9.57 Å². The van der Waals surface area contributed by atoms with Crippen molar-refractivity contribution in [3.05, 3.63) is 53.3 Å². The summed E-state index contributed by atoms with van der Waals surface area (Å²) in [6.07, 6.45) is 15.9. The molecule has 2 aliphatic heterocycles. The number of esters is 1. The van der Waals surface area contributed by atoms with Crippen molar-refractivity contribution in [2.75, 3.05) is 19.7 Å². The molecule has 2 heterocycles. The molecular weight excluding hydrogens is 448 g/mol. The number of hydrogen-bond donors (Lipinski definition) is 3. The van der Waals surface area contributed by atoms with Gasteiger partial charge in [-0.1, -0.05) is 31.6 Å². The Kier molecular flexibility index (Phi) is 10.2. The second kappa shape index (κ2) is 13.6. The minimum atomic E-state index is -0.665. The van der Waals surface area contributed by atoms with E-state index in [-0.39, 0.29) is 41.2 Å². The Bertz CT molecular complexity index is 963. The molecule has 0 spiro atoms. The molecule has 2 aliphatic rings. The molecule has 1 unspecified atom stereocenters. The fourth-order valence-corrected chi connectivity index (χ4v) is 4.19. The topological polar surface area (TPSA) is 108 Å². The zero-order valence-electron chi connectivity index (χ0n) is 20.4. The molecule has 3 N–H and O–H groups in total. The first-order chi connectivity index (χ1) is 17.0. The number of carbonyl (C=O) groups excluding carboxylic acids is 2. The van der Waals surface area contributed by atoms with E-state index < -0.39 is 5.97 Å². The number of carbonyl (C=O) groups is 2. The van der Waals surface area contributed by atoms with Crippen LogP contribution in [0.5, 0.6) is 11.5 Å². The first-order valence-electron chi connectivity index (χ1n) is 12.4. The van der Waals surface area contributed by atoms with Crippen LogP contribution >= 0.6 is 0 Å². The van der Waals surface area contributed by atoms with Gasteiger partial charge in [0.25, 0.3) is 5.91 Å². The zero-order chi connectivity index (χ0) is 25.0. The minimum absolute atomic E-state index is 0.0398. The van der Waals surface area contributed by atoms with Crippen LogP contribution in [-0.4, -0.2) is 52.8 Å². The summed E-state index contributed by atoms with van der Waals surface area (Å²) < 4.78 is 5.72. The van der Waals surface area contributed by atoms with Gasteiger partial charge in [0.2, 0.25) is 0 Å². The molecule has 1 atom stereocenters. The van der Waals surface area contributed by atoms with Crippen molar-refractivity contribution in [2.45, 2.75) is 64.4 Å². The number of nitrogens with one attached hydrogen (secondary N) is 1. The molecule has 190 valence electrons. The number of rotatable bonds is 6. The van der Waals surface area contributed by atoms with Gasteiger partial charge in [0.1, 0.15) is 23.2 Å². The summed E-state index contributed by atoms with van der Waals surface area (Å²) >= 11 is 0. The monoisotopic (exact) mass is 484 g/mol. The molecule has 0 aliphatic carbocycles. The first kappa shape index (κ1) is 26.3. The van der Waals surface area contributed by atoms with E-state index >= 15 is 0 Å². The van der Waals surface area contributed by atoms with Crippen LogP contribution in [0.3, 0.4) is 0 Å². The zero-order valence-corrected chi connectivity index (χ0v) is 20.4. The van der Waals surface area contributed by atoms with Crippen molar-refractivity contribution in [1.29, 1.82) is 0 Å². The Morgan fingerprint density at radius 2 is 1.91 bits per heavy atom. The van der Waals surface area contributed by atoms with Gasteiger partial charge in [0, 0.05) is 25.6 Å². The number of phenols is 2. The van der Waals surface area contributed by atoms with Crippen LogP contribution in [0.4, 0.5) is 0 Å². The summed E-state index contributed by atoms with van der Waals surface area (Å²) in [4.78, 5) is 32.7. The minimum Gasteiger partial charge on any atom is -0.508 e. The Balaban J connectivity index is 1.84. The fourth-order valence-electron chi connectivity index (χ4n) is 4.19. The highest BCUT2D eigenvalue weighted by Gasteiger charge is 2.22. The number of cyclic esters (lactones) is 1. The van der Waals surface area contributed by atoms with E-state index in [9.17, 15) is 19.8 Å². The summed E-state index contributed by atoms with van der Waals surface area (Å²) in [5, 5.41) is 20.6. The van der Waals surface area contributed by atoms with E-state index in [2.05, 4.69) is 11.6 Å². The van der Waals surface area contributed by atoms with E-state index in [1.165, 1.54) is 6.07 Å². The van der Waals surface area contributed by atoms with Gasteiger partial charge in [0.15, 0.2) is 6.61 Å². The average Bonchev–Trinajstić information content (AvgIpc) is 2.82.